The van der Waals surface area contributed by atoms with E-state index in [-0.39, 0.29) is 17.5 Å². The Morgan fingerprint density at radius 1 is 1.26 bits per heavy atom. The van der Waals surface area contributed by atoms with Crippen molar-refractivity contribution in [3.8, 4) is 0 Å². The lowest BCUT2D eigenvalue weighted by Gasteiger charge is -2.12. The molecule has 0 spiro atoms. The van der Waals surface area contributed by atoms with Gasteiger partial charge in [0.1, 0.15) is 5.69 Å². The predicted molar refractivity (Wildman–Crippen MR) is 67.4 cm³/mol. The number of hydrogen-bond donors (Lipinski definition) is 2. The summed E-state index contributed by atoms with van der Waals surface area (Å²) in [5.74, 6) is 0.852. The van der Waals surface area contributed by atoms with Crippen LogP contribution in [-0.2, 0) is 11.3 Å². The molecule has 0 radical (unpaired) electrons. The summed E-state index contributed by atoms with van der Waals surface area (Å²) < 4.78 is 0. The molecule has 5 heteroatoms. The zero-order valence-corrected chi connectivity index (χ0v) is 10.5. The standard InChI is InChI=1S/C14H16N2O3/c17-13(11-4-9-3-10(9)5-11)16-7-8-1-2-12(14(18)19)15-6-8/h1-2,6,9-11H,3-5,7H2,(H,16,17)(H,18,19). The van der Waals surface area contributed by atoms with Gasteiger partial charge in [0, 0.05) is 18.7 Å². The van der Waals surface area contributed by atoms with Gasteiger partial charge in [-0.05, 0) is 42.7 Å². The van der Waals surface area contributed by atoms with Crippen LogP contribution in [0.3, 0.4) is 0 Å². The predicted octanol–water partition coefficient (Wildman–Crippen LogP) is 1.44. The molecule has 1 heterocycles. The number of carbonyl (C=O) groups is 2. The number of hydrogen-bond acceptors (Lipinski definition) is 3. The number of aromatic nitrogens is 1. The molecule has 0 aliphatic heterocycles. The zero-order chi connectivity index (χ0) is 13.4. The average molecular weight is 260 g/mol. The van der Waals surface area contributed by atoms with Crippen molar-refractivity contribution >= 4 is 11.9 Å². The van der Waals surface area contributed by atoms with Crippen LogP contribution >= 0.6 is 0 Å². The van der Waals surface area contributed by atoms with Crippen molar-refractivity contribution in [2.24, 2.45) is 17.8 Å². The molecule has 3 rings (SSSR count). The van der Waals surface area contributed by atoms with Crippen LogP contribution in [0.15, 0.2) is 18.3 Å². The highest BCUT2D eigenvalue weighted by molar-refractivity contribution is 5.85. The molecule has 2 saturated carbocycles. The lowest BCUT2D eigenvalue weighted by Crippen LogP contribution is -2.29. The first-order valence-corrected chi connectivity index (χ1v) is 6.59. The summed E-state index contributed by atoms with van der Waals surface area (Å²) in [5, 5.41) is 11.6. The molecule has 2 aliphatic carbocycles. The van der Waals surface area contributed by atoms with Crippen molar-refractivity contribution in [3.63, 3.8) is 0 Å². The minimum Gasteiger partial charge on any atom is -0.477 e. The second-order valence-corrected chi connectivity index (χ2v) is 5.50. The average Bonchev–Trinajstić information content (AvgIpc) is 3.03. The van der Waals surface area contributed by atoms with E-state index in [4.69, 9.17) is 5.11 Å². The number of rotatable bonds is 4. The molecule has 2 N–H and O–H groups in total. The van der Waals surface area contributed by atoms with Crippen molar-refractivity contribution < 1.29 is 14.7 Å². The molecule has 2 fully saturated rings. The van der Waals surface area contributed by atoms with Gasteiger partial charge in [-0.2, -0.15) is 0 Å². The lowest BCUT2D eigenvalue weighted by atomic mass is 10.0. The van der Waals surface area contributed by atoms with Gasteiger partial charge in [-0.25, -0.2) is 9.78 Å². The highest BCUT2D eigenvalue weighted by Gasteiger charge is 2.47. The van der Waals surface area contributed by atoms with Crippen LogP contribution in [0.2, 0.25) is 0 Å². The summed E-state index contributed by atoms with van der Waals surface area (Å²) in [4.78, 5) is 26.4. The van der Waals surface area contributed by atoms with Crippen LogP contribution in [0.4, 0.5) is 0 Å². The third-order valence-corrected chi connectivity index (χ3v) is 4.12. The summed E-state index contributed by atoms with van der Waals surface area (Å²) in [7, 11) is 0. The fourth-order valence-corrected chi connectivity index (χ4v) is 2.92. The van der Waals surface area contributed by atoms with E-state index in [1.54, 1.807) is 6.07 Å². The maximum atomic E-state index is 11.9. The number of aromatic carboxylic acids is 1. The van der Waals surface area contributed by atoms with E-state index in [1.165, 1.54) is 18.7 Å². The monoisotopic (exact) mass is 260 g/mol. The van der Waals surface area contributed by atoms with Crippen molar-refractivity contribution in [1.82, 2.24) is 10.3 Å². The maximum absolute atomic E-state index is 11.9. The summed E-state index contributed by atoms with van der Waals surface area (Å²) in [6.45, 7) is 0.414. The maximum Gasteiger partial charge on any atom is 0.354 e. The highest BCUT2D eigenvalue weighted by Crippen LogP contribution is 2.54. The van der Waals surface area contributed by atoms with E-state index in [9.17, 15) is 9.59 Å². The molecule has 1 aromatic heterocycles. The normalized spacial score (nSPS) is 27.7. The van der Waals surface area contributed by atoms with Crippen molar-refractivity contribution in [2.75, 3.05) is 0 Å². The number of carboxylic acid groups (broad SMARTS) is 1. The lowest BCUT2D eigenvalue weighted by molar-refractivity contribution is -0.125. The second kappa shape index (κ2) is 4.64. The van der Waals surface area contributed by atoms with Crippen LogP contribution in [0, 0.1) is 17.8 Å². The third-order valence-electron chi connectivity index (χ3n) is 4.12. The van der Waals surface area contributed by atoms with Crippen molar-refractivity contribution in [2.45, 2.75) is 25.8 Å². The molecule has 2 unspecified atom stereocenters. The quantitative estimate of drug-likeness (QED) is 0.858. The van der Waals surface area contributed by atoms with Crippen LogP contribution in [0.1, 0.15) is 35.3 Å². The van der Waals surface area contributed by atoms with Gasteiger partial charge in [0.05, 0.1) is 0 Å². The molecular weight excluding hydrogens is 244 g/mol. The highest BCUT2D eigenvalue weighted by atomic mass is 16.4. The Balaban J connectivity index is 1.51. The molecule has 5 nitrogen and oxygen atoms in total. The number of pyridine rings is 1. The molecule has 100 valence electrons. The van der Waals surface area contributed by atoms with Crippen molar-refractivity contribution in [1.29, 1.82) is 0 Å². The van der Waals surface area contributed by atoms with Gasteiger partial charge in [0.2, 0.25) is 5.91 Å². The van der Waals surface area contributed by atoms with Gasteiger partial charge in [0.15, 0.2) is 0 Å². The molecular formula is C14H16N2O3. The van der Waals surface area contributed by atoms with Gasteiger partial charge < -0.3 is 10.4 Å². The molecule has 2 atom stereocenters. The van der Waals surface area contributed by atoms with Crippen LogP contribution in [0.25, 0.3) is 0 Å². The minimum atomic E-state index is -1.04. The number of carboxylic acids is 1. The van der Waals surface area contributed by atoms with Crippen LogP contribution in [0.5, 0.6) is 0 Å². The van der Waals surface area contributed by atoms with Crippen LogP contribution in [-0.4, -0.2) is 22.0 Å². The number of fused-ring (bicyclic) bond motifs is 1. The summed E-state index contributed by atoms with van der Waals surface area (Å²) in [5.41, 5.74) is 0.840. The van der Waals surface area contributed by atoms with E-state index in [2.05, 4.69) is 10.3 Å². The van der Waals surface area contributed by atoms with Gasteiger partial charge in [0.25, 0.3) is 0 Å². The first-order chi connectivity index (χ1) is 9.13. The number of amides is 1. The van der Waals surface area contributed by atoms with Crippen LogP contribution < -0.4 is 5.32 Å². The summed E-state index contributed by atoms with van der Waals surface area (Å²) >= 11 is 0. The summed E-state index contributed by atoms with van der Waals surface area (Å²) in [6.07, 6.45) is 4.87. The van der Waals surface area contributed by atoms with E-state index >= 15 is 0 Å². The number of carbonyl (C=O) groups excluding carboxylic acids is 1. The Morgan fingerprint density at radius 2 is 2.00 bits per heavy atom. The minimum absolute atomic E-state index is 0.0194. The Morgan fingerprint density at radius 3 is 2.58 bits per heavy atom. The molecule has 0 bridgehead atoms. The van der Waals surface area contributed by atoms with Gasteiger partial charge in [-0.1, -0.05) is 6.07 Å². The largest absolute Gasteiger partial charge is 0.477 e. The van der Waals surface area contributed by atoms with Crippen molar-refractivity contribution in [3.05, 3.63) is 29.6 Å². The van der Waals surface area contributed by atoms with E-state index in [1.807, 2.05) is 0 Å². The van der Waals surface area contributed by atoms with Gasteiger partial charge >= 0.3 is 5.97 Å². The first kappa shape index (κ1) is 12.1. The SMILES string of the molecule is O=C(O)c1ccc(CNC(=O)C2CC3CC3C2)cn1. The zero-order valence-electron chi connectivity index (χ0n) is 10.5. The number of nitrogens with one attached hydrogen (secondary N) is 1. The smallest absolute Gasteiger partial charge is 0.354 e. The Labute approximate surface area is 111 Å². The molecule has 1 aromatic rings. The fourth-order valence-electron chi connectivity index (χ4n) is 2.92. The summed E-state index contributed by atoms with van der Waals surface area (Å²) in [6, 6.07) is 3.14. The molecule has 19 heavy (non-hydrogen) atoms. The van der Waals surface area contributed by atoms with E-state index in [0.717, 1.165) is 30.2 Å². The Hall–Kier alpha value is -1.91. The van der Waals surface area contributed by atoms with E-state index < -0.39 is 5.97 Å². The Bertz CT molecular complexity index is 502. The molecule has 0 saturated heterocycles. The molecule has 2 aliphatic rings. The van der Waals surface area contributed by atoms with Gasteiger partial charge in [-0.15, -0.1) is 0 Å². The second-order valence-electron chi connectivity index (χ2n) is 5.50. The Kier molecular flexibility index (Phi) is 2.97. The topological polar surface area (TPSA) is 79.3 Å². The fraction of sp³-hybridized carbons (Fsp3) is 0.500. The van der Waals surface area contributed by atoms with E-state index in [0.29, 0.717) is 6.54 Å². The third kappa shape index (κ3) is 2.59. The van der Waals surface area contributed by atoms with Gasteiger partial charge in [-0.3, -0.25) is 4.79 Å². The number of nitrogens with zero attached hydrogens (tertiary/aromatic N) is 1. The molecule has 0 aromatic carbocycles. The first-order valence-electron chi connectivity index (χ1n) is 6.59. The molecule has 1 amide bonds.